The highest BCUT2D eigenvalue weighted by Crippen LogP contribution is 2.25. The average Bonchev–Trinajstić information content (AvgIpc) is 2.78. The lowest BCUT2D eigenvalue weighted by molar-refractivity contribution is 0.498. The van der Waals surface area contributed by atoms with Gasteiger partial charge in [-0.05, 0) is 56.2 Å². The third kappa shape index (κ3) is 3.16. The minimum absolute atomic E-state index is 0.344. The zero-order valence-electron chi connectivity index (χ0n) is 11.0. The van der Waals surface area contributed by atoms with Crippen molar-refractivity contribution in [1.82, 2.24) is 0 Å². The minimum Gasteiger partial charge on any atom is -0.469 e. The lowest BCUT2D eigenvalue weighted by atomic mass is 10.1. The van der Waals surface area contributed by atoms with Crippen LogP contribution in [0.1, 0.15) is 23.8 Å². The summed E-state index contributed by atoms with van der Waals surface area (Å²) in [6, 6.07) is 8.61. The molecule has 1 N–H and O–H groups in total. The van der Waals surface area contributed by atoms with Gasteiger partial charge in [0.2, 0.25) is 0 Å². The predicted octanol–water partition coefficient (Wildman–Crippen LogP) is 4.70. The molecule has 0 spiro atoms. The maximum Gasteiger partial charge on any atom is 0.105 e. The number of rotatable bonds is 4. The summed E-state index contributed by atoms with van der Waals surface area (Å²) >= 11 is 3.59. The molecule has 18 heavy (non-hydrogen) atoms. The van der Waals surface area contributed by atoms with Crippen LogP contribution in [-0.4, -0.2) is 6.04 Å². The molecule has 0 aliphatic heterocycles. The van der Waals surface area contributed by atoms with Crippen LogP contribution in [0.5, 0.6) is 0 Å². The maximum absolute atomic E-state index is 5.36. The quantitative estimate of drug-likeness (QED) is 0.885. The van der Waals surface area contributed by atoms with E-state index in [9.17, 15) is 0 Å². The van der Waals surface area contributed by atoms with Crippen LogP contribution in [0.15, 0.2) is 39.4 Å². The normalized spacial score (nSPS) is 12.4. The van der Waals surface area contributed by atoms with Crippen LogP contribution in [0.3, 0.4) is 0 Å². The van der Waals surface area contributed by atoms with Crippen molar-refractivity contribution in [3.8, 4) is 0 Å². The molecule has 0 aliphatic carbocycles. The van der Waals surface area contributed by atoms with Gasteiger partial charge >= 0.3 is 0 Å². The Hall–Kier alpha value is -1.22. The van der Waals surface area contributed by atoms with Crippen molar-refractivity contribution in [2.45, 2.75) is 33.2 Å². The summed E-state index contributed by atoms with van der Waals surface area (Å²) in [7, 11) is 0. The molecule has 0 saturated heterocycles. The van der Waals surface area contributed by atoms with Crippen LogP contribution in [-0.2, 0) is 6.42 Å². The van der Waals surface area contributed by atoms with Crippen LogP contribution < -0.4 is 5.32 Å². The minimum atomic E-state index is 0.344. The van der Waals surface area contributed by atoms with Crippen molar-refractivity contribution in [2.24, 2.45) is 0 Å². The molecular weight excluding hydrogens is 290 g/mol. The Labute approximate surface area is 117 Å². The van der Waals surface area contributed by atoms with E-state index >= 15 is 0 Å². The molecule has 1 aromatic carbocycles. The Kier molecular flexibility index (Phi) is 4.12. The van der Waals surface area contributed by atoms with Crippen molar-refractivity contribution in [2.75, 3.05) is 5.32 Å². The lowest BCUT2D eigenvalue weighted by Gasteiger charge is -2.16. The van der Waals surface area contributed by atoms with Gasteiger partial charge in [0.15, 0.2) is 0 Å². The first-order chi connectivity index (χ1) is 8.56. The highest BCUT2D eigenvalue weighted by Gasteiger charge is 2.07. The van der Waals surface area contributed by atoms with Crippen LogP contribution in [0.2, 0.25) is 0 Å². The summed E-state index contributed by atoms with van der Waals surface area (Å²) in [5.74, 6) is 1.01. The van der Waals surface area contributed by atoms with Gasteiger partial charge in [-0.3, -0.25) is 0 Å². The van der Waals surface area contributed by atoms with Gasteiger partial charge < -0.3 is 9.73 Å². The highest BCUT2D eigenvalue weighted by molar-refractivity contribution is 9.10. The van der Waals surface area contributed by atoms with E-state index in [-0.39, 0.29) is 0 Å². The van der Waals surface area contributed by atoms with Crippen molar-refractivity contribution in [3.05, 3.63) is 51.9 Å². The Morgan fingerprint density at radius 3 is 2.50 bits per heavy atom. The number of hydrogen-bond acceptors (Lipinski definition) is 2. The molecule has 96 valence electrons. The van der Waals surface area contributed by atoms with E-state index in [0.717, 1.165) is 17.9 Å². The van der Waals surface area contributed by atoms with Gasteiger partial charge in [0.25, 0.3) is 0 Å². The Balaban J connectivity index is 2.05. The van der Waals surface area contributed by atoms with E-state index in [1.54, 1.807) is 6.26 Å². The Morgan fingerprint density at radius 2 is 1.94 bits per heavy atom. The van der Waals surface area contributed by atoms with E-state index in [0.29, 0.717) is 6.04 Å². The Bertz CT molecular complexity index is 496. The van der Waals surface area contributed by atoms with Gasteiger partial charge in [-0.1, -0.05) is 15.9 Å². The Morgan fingerprint density at radius 1 is 1.28 bits per heavy atom. The predicted molar refractivity (Wildman–Crippen MR) is 79.1 cm³/mol. The zero-order valence-corrected chi connectivity index (χ0v) is 12.5. The number of nitrogens with one attached hydrogen (secondary N) is 1. The second-order valence-corrected chi connectivity index (χ2v) is 5.55. The maximum atomic E-state index is 5.36. The summed E-state index contributed by atoms with van der Waals surface area (Å²) in [6.07, 6.45) is 2.61. The fourth-order valence-corrected chi connectivity index (χ4v) is 2.32. The summed E-state index contributed by atoms with van der Waals surface area (Å²) in [5.41, 5.74) is 3.66. The van der Waals surface area contributed by atoms with Gasteiger partial charge in [-0.25, -0.2) is 0 Å². The fourth-order valence-electron chi connectivity index (χ4n) is 2.10. The molecule has 0 radical (unpaired) electrons. The molecule has 2 nitrogen and oxygen atoms in total. The molecule has 3 heteroatoms. The van der Waals surface area contributed by atoms with Gasteiger partial charge in [-0.15, -0.1) is 0 Å². The number of hydrogen-bond donors (Lipinski definition) is 1. The molecule has 1 unspecified atom stereocenters. The van der Waals surface area contributed by atoms with Crippen LogP contribution in [0, 0.1) is 13.8 Å². The largest absolute Gasteiger partial charge is 0.469 e. The molecule has 0 aliphatic rings. The molecule has 0 bridgehead atoms. The zero-order chi connectivity index (χ0) is 13.1. The van der Waals surface area contributed by atoms with Crippen molar-refractivity contribution in [1.29, 1.82) is 0 Å². The molecule has 0 fully saturated rings. The number of anilines is 1. The number of benzene rings is 1. The summed E-state index contributed by atoms with van der Waals surface area (Å²) in [4.78, 5) is 0. The van der Waals surface area contributed by atoms with E-state index in [2.05, 4.69) is 54.2 Å². The molecule has 2 rings (SSSR count). The molecule has 1 heterocycles. The standard InChI is InChI=1S/C15H18BrNO/c1-10-7-13(8-11(2)15(10)16)17-12(3)9-14-5-4-6-18-14/h4-8,12,17H,9H2,1-3H3. The number of halogens is 1. The van der Waals surface area contributed by atoms with Gasteiger partial charge in [0.1, 0.15) is 5.76 Å². The second kappa shape index (κ2) is 5.61. The summed E-state index contributed by atoms with van der Waals surface area (Å²) in [6.45, 7) is 6.38. The van der Waals surface area contributed by atoms with Crippen molar-refractivity contribution >= 4 is 21.6 Å². The third-order valence-corrected chi connectivity index (χ3v) is 4.19. The summed E-state index contributed by atoms with van der Waals surface area (Å²) < 4.78 is 6.55. The first-order valence-electron chi connectivity index (χ1n) is 6.12. The average molecular weight is 308 g/mol. The van der Waals surface area contributed by atoms with Crippen LogP contribution >= 0.6 is 15.9 Å². The molecular formula is C15H18BrNO. The first-order valence-corrected chi connectivity index (χ1v) is 6.91. The SMILES string of the molecule is Cc1cc(NC(C)Cc2ccco2)cc(C)c1Br. The van der Waals surface area contributed by atoms with Crippen LogP contribution in [0.4, 0.5) is 5.69 Å². The monoisotopic (exact) mass is 307 g/mol. The van der Waals surface area contributed by atoms with E-state index < -0.39 is 0 Å². The topological polar surface area (TPSA) is 25.2 Å². The van der Waals surface area contributed by atoms with Crippen LogP contribution in [0.25, 0.3) is 0 Å². The molecule has 0 amide bonds. The first kappa shape index (κ1) is 13.2. The van der Waals surface area contributed by atoms with E-state index in [1.165, 1.54) is 15.6 Å². The molecule has 0 saturated carbocycles. The smallest absolute Gasteiger partial charge is 0.105 e. The highest BCUT2D eigenvalue weighted by atomic mass is 79.9. The van der Waals surface area contributed by atoms with E-state index in [1.807, 2.05) is 12.1 Å². The third-order valence-electron chi connectivity index (χ3n) is 2.94. The fraction of sp³-hybridized carbons (Fsp3) is 0.333. The van der Waals surface area contributed by atoms with Gasteiger partial charge in [0.05, 0.1) is 6.26 Å². The van der Waals surface area contributed by atoms with E-state index in [4.69, 9.17) is 4.42 Å². The number of aryl methyl sites for hydroxylation is 2. The molecule has 2 aromatic rings. The number of furan rings is 1. The van der Waals surface area contributed by atoms with Gasteiger partial charge in [0, 0.05) is 22.6 Å². The van der Waals surface area contributed by atoms with Gasteiger partial charge in [-0.2, -0.15) is 0 Å². The van der Waals surface area contributed by atoms with Crippen molar-refractivity contribution in [3.63, 3.8) is 0 Å². The summed E-state index contributed by atoms with van der Waals surface area (Å²) in [5, 5.41) is 3.51. The molecule has 1 aromatic heterocycles. The second-order valence-electron chi connectivity index (χ2n) is 4.75. The lowest BCUT2D eigenvalue weighted by Crippen LogP contribution is -2.17. The van der Waals surface area contributed by atoms with Crippen molar-refractivity contribution < 1.29 is 4.42 Å². The molecule has 1 atom stereocenters.